The lowest BCUT2D eigenvalue weighted by Crippen LogP contribution is -2.17. The standard InChI is InChI=1S/C27H24N8O/c1-19-25(20(2)35(31-19)24-11-7-4-8-12-24)17-28-30-27(36)23-15-13-21(14-16-23)18-34-32-26(29-33-34)22-9-5-3-6-10-22/h3-17H,18H2,1-2H3,(H,30,36)/b28-17+. The second kappa shape index (κ2) is 10.1. The molecule has 1 amide bonds. The lowest BCUT2D eigenvalue weighted by Gasteiger charge is -2.04. The van der Waals surface area contributed by atoms with E-state index in [0.29, 0.717) is 17.9 Å². The molecule has 2 aromatic heterocycles. The number of carbonyl (C=O) groups is 1. The van der Waals surface area contributed by atoms with E-state index >= 15 is 0 Å². The highest BCUT2D eigenvalue weighted by molar-refractivity contribution is 5.95. The Kier molecular flexibility index (Phi) is 6.44. The predicted molar refractivity (Wildman–Crippen MR) is 137 cm³/mol. The normalized spacial score (nSPS) is 11.2. The molecule has 9 heteroatoms. The van der Waals surface area contributed by atoms with Crippen LogP contribution in [-0.2, 0) is 6.54 Å². The van der Waals surface area contributed by atoms with E-state index in [1.165, 1.54) is 4.80 Å². The predicted octanol–water partition coefficient (Wildman–Crippen LogP) is 3.95. The summed E-state index contributed by atoms with van der Waals surface area (Å²) in [6.45, 7) is 4.34. The number of nitrogens with one attached hydrogen (secondary N) is 1. The molecule has 3 aromatic carbocycles. The highest BCUT2D eigenvalue weighted by atomic mass is 16.2. The van der Waals surface area contributed by atoms with E-state index in [4.69, 9.17) is 0 Å². The number of aryl methyl sites for hydroxylation is 1. The van der Waals surface area contributed by atoms with E-state index in [2.05, 4.69) is 31.0 Å². The number of hydrazone groups is 1. The average molecular weight is 477 g/mol. The Morgan fingerprint density at radius 3 is 2.33 bits per heavy atom. The van der Waals surface area contributed by atoms with Crippen molar-refractivity contribution in [3.8, 4) is 17.1 Å². The maximum Gasteiger partial charge on any atom is 0.271 e. The summed E-state index contributed by atoms with van der Waals surface area (Å²) >= 11 is 0. The number of hydrogen-bond acceptors (Lipinski definition) is 6. The lowest BCUT2D eigenvalue weighted by atomic mass is 10.1. The molecule has 36 heavy (non-hydrogen) atoms. The van der Waals surface area contributed by atoms with Crippen LogP contribution in [0.25, 0.3) is 17.1 Å². The largest absolute Gasteiger partial charge is 0.271 e. The van der Waals surface area contributed by atoms with Crippen LogP contribution in [-0.4, -0.2) is 42.1 Å². The van der Waals surface area contributed by atoms with Gasteiger partial charge in [-0.1, -0.05) is 60.7 Å². The summed E-state index contributed by atoms with van der Waals surface area (Å²) in [5, 5.41) is 21.4. The molecule has 0 saturated heterocycles. The fourth-order valence-corrected chi connectivity index (χ4v) is 3.82. The van der Waals surface area contributed by atoms with Gasteiger partial charge in [-0.2, -0.15) is 15.0 Å². The number of hydrogen-bond donors (Lipinski definition) is 1. The number of para-hydroxylation sites is 1. The van der Waals surface area contributed by atoms with E-state index in [0.717, 1.165) is 33.8 Å². The van der Waals surface area contributed by atoms with E-state index in [9.17, 15) is 4.79 Å². The minimum atomic E-state index is -0.297. The molecule has 0 saturated carbocycles. The monoisotopic (exact) mass is 476 g/mol. The van der Waals surface area contributed by atoms with Crippen LogP contribution >= 0.6 is 0 Å². The highest BCUT2D eigenvalue weighted by Gasteiger charge is 2.12. The Labute approximate surface area is 208 Å². The minimum absolute atomic E-state index is 0.297. The smallest absolute Gasteiger partial charge is 0.267 e. The molecule has 0 bridgehead atoms. The van der Waals surface area contributed by atoms with Gasteiger partial charge in [-0.3, -0.25) is 4.79 Å². The fraction of sp³-hybridized carbons (Fsp3) is 0.111. The summed E-state index contributed by atoms with van der Waals surface area (Å²) in [6, 6.07) is 26.8. The maximum absolute atomic E-state index is 12.6. The molecule has 0 atom stereocenters. The van der Waals surface area contributed by atoms with Crippen molar-refractivity contribution in [1.29, 1.82) is 0 Å². The van der Waals surface area contributed by atoms with Gasteiger partial charge >= 0.3 is 0 Å². The summed E-state index contributed by atoms with van der Waals surface area (Å²) in [5.74, 6) is 0.276. The van der Waals surface area contributed by atoms with Crippen LogP contribution in [0.2, 0.25) is 0 Å². The van der Waals surface area contributed by atoms with Gasteiger partial charge in [0.25, 0.3) is 5.91 Å². The first-order valence-electron chi connectivity index (χ1n) is 11.5. The molecule has 2 heterocycles. The lowest BCUT2D eigenvalue weighted by molar-refractivity contribution is 0.0955. The second-order valence-electron chi connectivity index (χ2n) is 8.24. The van der Waals surface area contributed by atoms with Gasteiger partial charge < -0.3 is 0 Å². The Hall–Kier alpha value is -4.92. The van der Waals surface area contributed by atoms with Crippen LogP contribution < -0.4 is 5.43 Å². The van der Waals surface area contributed by atoms with E-state index < -0.39 is 0 Å². The summed E-state index contributed by atoms with van der Waals surface area (Å²) in [5.41, 5.74) is 8.57. The van der Waals surface area contributed by atoms with Gasteiger partial charge in [-0.05, 0) is 48.9 Å². The van der Waals surface area contributed by atoms with Crippen LogP contribution in [0.4, 0.5) is 0 Å². The molecule has 0 radical (unpaired) electrons. The highest BCUT2D eigenvalue weighted by Crippen LogP contribution is 2.16. The Balaban J connectivity index is 1.21. The molecule has 1 N–H and O–H groups in total. The Morgan fingerprint density at radius 1 is 0.917 bits per heavy atom. The van der Waals surface area contributed by atoms with Crippen molar-refractivity contribution in [3.63, 3.8) is 0 Å². The molecule has 5 rings (SSSR count). The molecule has 5 aromatic rings. The van der Waals surface area contributed by atoms with Crippen LogP contribution in [0.5, 0.6) is 0 Å². The molecule has 0 fully saturated rings. The maximum atomic E-state index is 12.6. The molecule has 9 nitrogen and oxygen atoms in total. The molecule has 0 aliphatic heterocycles. The second-order valence-corrected chi connectivity index (χ2v) is 8.24. The molecule has 0 spiro atoms. The third kappa shape index (κ3) is 4.95. The SMILES string of the molecule is Cc1nn(-c2ccccc2)c(C)c1/C=N/NC(=O)c1ccc(Cn2nnc(-c3ccccc3)n2)cc1. The van der Waals surface area contributed by atoms with Crippen molar-refractivity contribution in [3.05, 3.63) is 113 Å². The summed E-state index contributed by atoms with van der Waals surface area (Å²) in [4.78, 5) is 14.1. The van der Waals surface area contributed by atoms with Crippen molar-refractivity contribution in [2.75, 3.05) is 0 Å². The van der Waals surface area contributed by atoms with Gasteiger partial charge in [0.05, 0.1) is 29.8 Å². The summed E-state index contributed by atoms with van der Waals surface area (Å²) in [7, 11) is 0. The van der Waals surface area contributed by atoms with Crippen LogP contribution in [0.1, 0.15) is 32.9 Å². The molecular formula is C27H24N8O. The first-order chi connectivity index (χ1) is 17.6. The van der Waals surface area contributed by atoms with Crippen molar-refractivity contribution in [2.45, 2.75) is 20.4 Å². The number of amides is 1. The molecular weight excluding hydrogens is 452 g/mol. The van der Waals surface area contributed by atoms with Gasteiger partial charge in [0, 0.05) is 16.7 Å². The van der Waals surface area contributed by atoms with Crippen molar-refractivity contribution in [2.24, 2.45) is 5.10 Å². The zero-order valence-electron chi connectivity index (χ0n) is 19.9. The third-order valence-corrected chi connectivity index (χ3v) is 5.73. The molecule has 0 unspecified atom stereocenters. The Morgan fingerprint density at radius 2 is 1.61 bits per heavy atom. The van der Waals surface area contributed by atoms with E-state index in [1.54, 1.807) is 18.3 Å². The average Bonchev–Trinajstić information content (AvgIpc) is 3.50. The van der Waals surface area contributed by atoms with Crippen LogP contribution in [0.15, 0.2) is 90.0 Å². The van der Waals surface area contributed by atoms with Gasteiger partial charge in [-0.25, -0.2) is 10.1 Å². The topological polar surface area (TPSA) is 103 Å². The molecule has 0 aliphatic rings. The van der Waals surface area contributed by atoms with E-state index in [1.807, 2.05) is 91.3 Å². The first-order valence-corrected chi connectivity index (χ1v) is 11.5. The Bertz CT molecular complexity index is 1500. The van der Waals surface area contributed by atoms with Crippen LogP contribution in [0, 0.1) is 13.8 Å². The van der Waals surface area contributed by atoms with Crippen LogP contribution in [0.3, 0.4) is 0 Å². The number of rotatable bonds is 7. The van der Waals surface area contributed by atoms with Gasteiger partial charge in [0.15, 0.2) is 0 Å². The number of benzene rings is 3. The fourth-order valence-electron chi connectivity index (χ4n) is 3.82. The van der Waals surface area contributed by atoms with E-state index in [-0.39, 0.29) is 5.91 Å². The number of aromatic nitrogens is 6. The summed E-state index contributed by atoms with van der Waals surface area (Å²) < 4.78 is 1.87. The number of tetrazole rings is 1. The van der Waals surface area contributed by atoms with Crippen molar-refractivity contribution in [1.82, 2.24) is 35.4 Å². The third-order valence-electron chi connectivity index (χ3n) is 5.73. The zero-order valence-corrected chi connectivity index (χ0v) is 19.9. The number of nitrogens with zero attached hydrogens (tertiary/aromatic N) is 7. The van der Waals surface area contributed by atoms with Gasteiger partial charge in [-0.15, -0.1) is 10.2 Å². The summed E-state index contributed by atoms with van der Waals surface area (Å²) in [6.07, 6.45) is 1.63. The van der Waals surface area contributed by atoms with Crippen molar-refractivity contribution < 1.29 is 4.79 Å². The zero-order chi connectivity index (χ0) is 24.9. The molecule has 178 valence electrons. The minimum Gasteiger partial charge on any atom is -0.267 e. The molecule has 0 aliphatic carbocycles. The van der Waals surface area contributed by atoms with Crippen molar-refractivity contribution >= 4 is 12.1 Å². The quantitative estimate of drug-likeness (QED) is 0.283. The van der Waals surface area contributed by atoms with Gasteiger partial charge in [0.1, 0.15) is 0 Å². The number of carbonyl (C=O) groups excluding carboxylic acids is 1. The first kappa shape index (κ1) is 22.9. The van der Waals surface area contributed by atoms with Gasteiger partial charge in [0.2, 0.25) is 5.82 Å².